The fraction of sp³-hybridized carbons (Fsp3) is 0.235. The summed E-state index contributed by atoms with van der Waals surface area (Å²) in [7, 11) is -4.35. The highest BCUT2D eigenvalue weighted by Crippen LogP contribution is 2.39. The Morgan fingerprint density at radius 2 is 1.89 bits per heavy atom. The van der Waals surface area contributed by atoms with Gasteiger partial charge in [0.2, 0.25) is 10.0 Å². The molecule has 1 aliphatic rings. The summed E-state index contributed by atoms with van der Waals surface area (Å²) in [5.41, 5.74) is 0.939. The summed E-state index contributed by atoms with van der Waals surface area (Å²) >= 11 is 0. The summed E-state index contributed by atoms with van der Waals surface area (Å²) in [6.45, 7) is 2.21. The molecule has 1 amide bonds. The number of sulfonamides is 1. The van der Waals surface area contributed by atoms with E-state index in [1.165, 1.54) is 23.1 Å². The molecule has 3 rings (SSSR count). The molecule has 9 nitrogen and oxygen atoms in total. The molecule has 3 N–H and O–H groups in total. The van der Waals surface area contributed by atoms with Gasteiger partial charge in [-0.2, -0.15) is 4.72 Å². The molecule has 0 aliphatic carbocycles. The number of carbonyl (C=O) groups is 3. The molecule has 1 atom stereocenters. The molecule has 10 heteroatoms. The van der Waals surface area contributed by atoms with Crippen LogP contribution in [0, 0.1) is 0 Å². The van der Waals surface area contributed by atoms with Crippen LogP contribution in [0.5, 0.6) is 0 Å². The zero-order valence-electron chi connectivity index (χ0n) is 14.2. The molecule has 1 aliphatic heterocycles. The van der Waals surface area contributed by atoms with E-state index in [9.17, 15) is 22.8 Å². The minimum absolute atomic E-state index is 0.217. The van der Waals surface area contributed by atoms with Gasteiger partial charge in [0.15, 0.2) is 0 Å². The average Bonchev–Trinajstić information content (AvgIpc) is 2.87. The van der Waals surface area contributed by atoms with E-state index in [0.717, 1.165) is 0 Å². The predicted molar refractivity (Wildman–Crippen MR) is 95.3 cm³/mol. The molecule has 0 fully saturated rings. The Bertz CT molecular complexity index is 1080. The van der Waals surface area contributed by atoms with Gasteiger partial charge in [-0.1, -0.05) is 12.1 Å². The van der Waals surface area contributed by atoms with E-state index in [1.807, 2.05) is 4.72 Å². The molecule has 142 valence electrons. The van der Waals surface area contributed by atoms with Gasteiger partial charge in [0.25, 0.3) is 5.91 Å². The summed E-state index contributed by atoms with van der Waals surface area (Å²) in [6, 6.07) is 5.62. The van der Waals surface area contributed by atoms with Crippen molar-refractivity contribution in [2.45, 2.75) is 24.3 Å². The smallest absolute Gasteiger partial charge is 0.322 e. The topological polar surface area (TPSA) is 141 Å². The highest BCUT2D eigenvalue weighted by molar-refractivity contribution is 7.89. The summed E-state index contributed by atoms with van der Waals surface area (Å²) in [6.07, 6.45) is -0.905. The molecule has 0 unspecified atom stereocenters. The van der Waals surface area contributed by atoms with E-state index in [1.54, 1.807) is 19.1 Å². The first-order chi connectivity index (χ1) is 12.7. The van der Waals surface area contributed by atoms with E-state index < -0.39 is 34.4 Å². The third kappa shape index (κ3) is 3.13. The van der Waals surface area contributed by atoms with Crippen LogP contribution in [0.25, 0.3) is 10.8 Å². The SMILES string of the molecule is CCN1C(=O)c2cccc3c(S(=O)(=O)N[C@@H](CC(=O)O)C(=O)O)ccc1c23. The van der Waals surface area contributed by atoms with Crippen molar-refractivity contribution in [2.24, 2.45) is 0 Å². The Hall–Kier alpha value is -2.98. The van der Waals surface area contributed by atoms with Crippen molar-refractivity contribution in [3.63, 3.8) is 0 Å². The lowest BCUT2D eigenvalue weighted by molar-refractivity contribution is -0.145. The maximum Gasteiger partial charge on any atom is 0.322 e. The van der Waals surface area contributed by atoms with Gasteiger partial charge < -0.3 is 15.1 Å². The van der Waals surface area contributed by atoms with Crippen LogP contribution in [0.15, 0.2) is 35.2 Å². The number of benzene rings is 2. The van der Waals surface area contributed by atoms with Crippen molar-refractivity contribution in [1.82, 2.24) is 4.72 Å². The van der Waals surface area contributed by atoms with Crippen LogP contribution >= 0.6 is 0 Å². The summed E-state index contributed by atoms with van der Waals surface area (Å²) in [4.78, 5) is 35.8. The van der Waals surface area contributed by atoms with Crippen molar-refractivity contribution >= 4 is 44.3 Å². The highest BCUT2D eigenvalue weighted by Gasteiger charge is 2.33. The molecule has 2 aromatic rings. The van der Waals surface area contributed by atoms with Gasteiger partial charge in [-0.3, -0.25) is 14.4 Å². The third-order valence-electron chi connectivity index (χ3n) is 4.32. The first-order valence-electron chi connectivity index (χ1n) is 8.02. The standard InChI is InChI=1S/C17H16N2O7S/c1-2-19-12-6-7-13(9-4-3-5-10(15(9)12)16(19)22)27(25,26)18-11(17(23)24)8-14(20)21/h3-7,11,18H,2,8H2,1H3,(H,20,21)(H,23,24)/t11-/m0/s1. The lowest BCUT2D eigenvalue weighted by Crippen LogP contribution is -2.42. The number of rotatable bonds is 7. The monoisotopic (exact) mass is 392 g/mol. The molecule has 1 heterocycles. The second kappa shape index (κ2) is 6.63. The van der Waals surface area contributed by atoms with Crippen LogP contribution in [0.1, 0.15) is 23.7 Å². The van der Waals surface area contributed by atoms with Crippen LogP contribution in [0.3, 0.4) is 0 Å². The molecule has 0 bridgehead atoms. The number of carbonyl (C=O) groups excluding carboxylic acids is 1. The maximum absolute atomic E-state index is 12.8. The van der Waals surface area contributed by atoms with Gasteiger partial charge >= 0.3 is 11.9 Å². The number of nitrogens with one attached hydrogen (secondary N) is 1. The summed E-state index contributed by atoms with van der Waals surface area (Å²) in [5, 5.41) is 18.6. The number of anilines is 1. The van der Waals surface area contributed by atoms with Crippen molar-refractivity contribution in [2.75, 3.05) is 11.4 Å². The molecule has 0 radical (unpaired) electrons. The second-order valence-electron chi connectivity index (χ2n) is 5.97. The van der Waals surface area contributed by atoms with Gasteiger partial charge in [-0.05, 0) is 25.1 Å². The number of hydrogen-bond acceptors (Lipinski definition) is 5. The molecule has 27 heavy (non-hydrogen) atoms. The molecule has 0 saturated heterocycles. The van der Waals surface area contributed by atoms with Crippen LogP contribution in [-0.2, 0) is 19.6 Å². The van der Waals surface area contributed by atoms with Crippen molar-refractivity contribution < 1.29 is 33.0 Å². The van der Waals surface area contributed by atoms with Crippen LogP contribution in [0.4, 0.5) is 5.69 Å². The fourth-order valence-corrected chi connectivity index (χ4v) is 4.56. The van der Waals surface area contributed by atoms with E-state index in [0.29, 0.717) is 23.2 Å². The van der Waals surface area contributed by atoms with Crippen LogP contribution in [0.2, 0.25) is 0 Å². The van der Waals surface area contributed by atoms with Crippen LogP contribution in [-0.4, -0.2) is 49.1 Å². The largest absolute Gasteiger partial charge is 0.481 e. The molecular weight excluding hydrogens is 376 g/mol. The quantitative estimate of drug-likeness (QED) is 0.639. The Morgan fingerprint density at radius 1 is 1.19 bits per heavy atom. The van der Waals surface area contributed by atoms with E-state index in [2.05, 4.69) is 0 Å². The number of amides is 1. The lowest BCUT2D eigenvalue weighted by atomic mass is 10.1. The molecule has 0 saturated carbocycles. The van der Waals surface area contributed by atoms with Crippen molar-refractivity contribution in [3.8, 4) is 0 Å². The molecule has 2 aromatic carbocycles. The number of carboxylic acid groups (broad SMARTS) is 2. The molecule has 0 spiro atoms. The van der Waals surface area contributed by atoms with E-state index in [-0.39, 0.29) is 16.2 Å². The predicted octanol–water partition coefficient (Wildman–Crippen LogP) is 1.03. The average molecular weight is 392 g/mol. The van der Waals surface area contributed by atoms with Gasteiger partial charge in [-0.25, -0.2) is 8.42 Å². The van der Waals surface area contributed by atoms with Gasteiger partial charge in [0.05, 0.1) is 17.0 Å². The molecular formula is C17H16N2O7S. The summed E-state index contributed by atoms with van der Waals surface area (Å²) in [5.74, 6) is -3.29. The first kappa shape index (κ1) is 18.8. The van der Waals surface area contributed by atoms with Crippen LogP contribution < -0.4 is 9.62 Å². The zero-order chi connectivity index (χ0) is 19.9. The number of carboxylic acids is 2. The number of aliphatic carboxylic acids is 2. The Balaban J connectivity index is 2.13. The normalized spacial score (nSPS) is 14.6. The van der Waals surface area contributed by atoms with Crippen molar-refractivity contribution in [1.29, 1.82) is 0 Å². The fourth-order valence-electron chi connectivity index (χ4n) is 3.17. The highest BCUT2D eigenvalue weighted by atomic mass is 32.2. The van der Waals surface area contributed by atoms with E-state index in [4.69, 9.17) is 10.2 Å². The van der Waals surface area contributed by atoms with Gasteiger partial charge in [-0.15, -0.1) is 0 Å². The Morgan fingerprint density at radius 3 is 2.48 bits per heavy atom. The second-order valence-corrected chi connectivity index (χ2v) is 7.65. The first-order valence-corrected chi connectivity index (χ1v) is 9.50. The number of nitrogens with zero attached hydrogens (tertiary/aromatic N) is 1. The maximum atomic E-state index is 12.8. The van der Waals surface area contributed by atoms with Gasteiger partial charge in [0, 0.05) is 22.9 Å². The minimum atomic E-state index is -4.35. The lowest BCUT2D eigenvalue weighted by Gasteiger charge is -2.17. The Labute approximate surface area is 154 Å². The summed E-state index contributed by atoms with van der Waals surface area (Å²) < 4.78 is 27.4. The third-order valence-corrected chi connectivity index (χ3v) is 5.85. The van der Waals surface area contributed by atoms with Gasteiger partial charge in [0.1, 0.15) is 6.04 Å². The number of hydrogen-bond donors (Lipinski definition) is 3. The van der Waals surface area contributed by atoms with E-state index >= 15 is 0 Å². The van der Waals surface area contributed by atoms with Crippen molar-refractivity contribution in [3.05, 3.63) is 35.9 Å². The molecule has 0 aromatic heterocycles. The minimum Gasteiger partial charge on any atom is -0.481 e. The Kier molecular flexibility index (Phi) is 4.62. The zero-order valence-corrected chi connectivity index (χ0v) is 15.0.